The molecular weight excluding hydrogens is 248 g/mol. The van der Waals surface area contributed by atoms with Gasteiger partial charge in [0.15, 0.2) is 0 Å². The summed E-state index contributed by atoms with van der Waals surface area (Å²) in [6.45, 7) is 4.79. The predicted octanol–water partition coefficient (Wildman–Crippen LogP) is 3.27. The van der Waals surface area contributed by atoms with Gasteiger partial charge in [0.2, 0.25) is 5.91 Å². The van der Waals surface area contributed by atoms with Crippen LogP contribution in [0.5, 0.6) is 0 Å². The quantitative estimate of drug-likeness (QED) is 0.714. The van der Waals surface area contributed by atoms with Crippen LogP contribution in [0.1, 0.15) is 62.1 Å². The van der Waals surface area contributed by atoms with Crippen LogP contribution < -0.4 is 10.6 Å². The van der Waals surface area contributed by atoms with Crippen LogP contribution in [0.2, 0.25) is 0 Å². The Morgan fingerprint density at radius 2 is 1.95 bits per heavy atom. The molecule has 0 aromatic heterocycles. The summed E-state index contributed by atoms with van der Waals surface area (Å²) in [6, 6.07) is 6.49. The third-order valence-electron chi connectivity index (χ3n) is 3.90. The van der Waals surface area contributed by atoms with Crippen molar-refractivity contribution < 1.29 is 4.79 Å². The van der Waals surface area contributed by atoms with Gasteiger partial charge in [0, 0.05) is 26.1 Å². The van der Waals surface area contributed by atoms with E-state index in [2.05, 4.69) is 35.8 Å². The Labute approximate surface area is 122 Å². The topological polar surface area (TPSA) is 41.1 Å². The normalized spacial score (nSPS) is 13.2. The Bertz CT molecular complexity index is 443. The Morgan fingerprint density at radius 3 is 2.80 bits per heavy atom. The smallest absolute Gasteiger partial charge is 0.220 e. The molecule has 0 saturated heterocycles. The van der Waals surface area contributed by atoms with Crippen LogP contribution >= 0.6 is 0 Å². The highest BCUT2D eigenvalue weighted by atomic mass is 16.1. The van der Waals surface area contributed by atoms with Gasteiger partial charge in [0.1, 0.15) is 0 Å². The summed E-state index contributed by atoms with van der Waals surface area (Å²) in [5.74, 6) is 0.181. The highest BCUT2D eigenvalue weighted by molar-refractivity contribution is 5.75. The fourth-order valence-electron chi connectivity index (χ4n) is 2.64. The van der Waals surface area contributed by atoms with E-state index in [9.17, 15) is 4.79 Å². The van der Waals surface area contributed by atoms with Gasteiger partial charge in [-0.15, -0.1) is 0 Å². The van der Waals surface area contributed by atoms with E-state index in [0.29, 0.717) is 13.0 Å². The monoisotopic (exact) mass is 274 g/mol. The molecule has 2 rings (SSSR count). The minimum absolute atomic E-state index is 0.181. The van der Waals surface area contributed by atoms with Crippen molar-refractivity contribution in [2.45, 2.75) is 65.1 Å². The standard InChI is InChI=1S/C17H26N2O/c1-2-3-4-5-6-7-17(20)19-11-14-8-9-15-12-18-13-16(15)10-14/h8-10,18H,2-7,11-13H2,1H3,(H,19,20). The molecule has 0 atom stereocenters. The Kier molecular flexibility index (Phi) is 6.06. The molecule has 1 aliphatic rings. The van der Waals surface area contributed by atoms with Crippen LogP contribution in [0.25, 0.3) is 0 Å². The number of amides is 1. The average molecular weight is 274 g/mol. The van der Waals surface area contributed by atoms with E-state index in [1.54, 1.807) is 0 Å². The third-order valence-corrected chi connectivity index (χ3v) is 3.90. The summed E-state index contributed by atoms with van der Waals surface area (Å²) in [4.78, 5) is 11.8. The molecule has 3 nitrogen and oxygen atoms in total. The molecule has 1 amide bonds. The number of carbonyl (C=O) groups excluding carboxylic acids is 1. The number of hydrogen-bond acceptors (Lipinski definition) is 2. The number of nitrogens with one attached hydrogen (secondary N) is 2. The van der Waals surface area contributed by atoms with Crippen molar-refractivity contribution >= 4 is 5.91 Å². The van der Waals surface area contributed by atoms with E-state index >= 15 is 0 Å². The lowest BCUT2D eigenvalue weighted by Gasteiger charge is -2.07. The molecule has 0 spiro atoms. The van der Waals surface area contributed by atoms with Crippen molar-refractivity contribution in [3.63, 3.8) is 0 Å². The molecule has 0 unspecified atom stereocenters. The summed E-state index contributed by atoms with van der Waals surface area (Å²) in [5, 5.41) is 6.36. The van der Waals surface area contributed by atoms with Crippen molar-refractivity contribution in [2.75, 3.05) is 0 Å². The van der Waals surface area contributed by atoms with E-state index in [1.807, 2.05) is 0 Å². The van der Waals surface area contributed by atoms with Gasteiger partial charge >= 0.3 is 0 Å². The molecule has 0 saturated carbocycles. The van der Waals surface area contributed by atoms with E-state index in [-0.39, 0.29) is 5.91 Å². The summed E-state index contributed by atoms with van der Waals surface area (Å²) in [6.07, 6.45) is 6.63. The van der Waals surface area contributed by atoms with Crippen LogP contribution in [0.15, 0.2) is 18.2 Å². The molecular formula is C17H26N2O. The number of rotatable bonds is 8. The van der Waals surface area contributed by atoms with Crippen LogP contribution in [0.3, 0.4) is 0 Å². The minimum Gasteiger partial charge on any atom is -0.352 e. The molecule has 1 aliphatic heterocycles. The summed E-state index contributed by atoms with van der Waals surface area (Å²) >= 11 is 0. The lowest BCUT2D eigenvalue weighted by atomic mass is 10.1. The molecule has 1 aromatic rings. The fraction of sp³-hybridized carbons (Fsp3) is 0.588. The predicted molar refractivity (Wildman–Crippen MR) is 82.2 cm³/mol. The number of fused-ring (bicyclic) bond motifs is 1. The lowest BCUT2D eigenvalue weighted by Crippen LogP contribution is -2.22. The van der Waals surface area contributed by atoms with Crippen molar-refractivity contribution in [1.82, 2.24) is 10.6 Å². The zero-order valence-electron chi connectivity index (χ0n) is 12.5. The first-order valence-electron chi connectivity index (χ1n) is 7.87. The first kappa shape index (κ1) is 15.0. The molecule has 0 aliphatic carbocycles. The second-order valence-corrected chi connectivity index (χ2v) is 5.65. The largest absolute Gasteiger partial charge is 0.352 e. The molecule has 2 N–H and O–H groups in total. The maximum absolute atomic E-state index is 11.8. The number of carbonyl (C=O) groups is 1. The molecule has 1 aromatic carbocycles. The number of hydrogen-bond donors (Lipinski definition) is 2. The second-order valence-electron chi connectivity index (χ2n) is 5.65. The van der Waals surface area contributed by atoms with E-state index in [1.165, 1.54) is 42.4 Å². The van der Waals surface area contributed by atoms with Gasteiger partial charge in [-0.05, 0) is 23.1 Å². The summed E-state index contributed by atoms with van der Waals surface area (Å²) in [5.41, 5.74) is 3.96. The number of benzene rings is 1. The first-order chi connectivity index (χ1) is 9.79. The van der Waals surface area contributed by atoms with Crippen LogP contribution in [-0.2, 0) is 24.4 Å². The van der Waals surface area contributed by atoms with Crippen molar-refractivity contribution in [3.05, 3.63) is 34.9 Å². The van der Waals surface area contributed by atoms with E-state index in [4.69, 9.17) is 0 Å². The molecule has 0 fully saturated rings. The SMILES string of the molecule is CCCCCCCC(=O)NCc1ccc2c(c1)CNC2. The maximum Gasteiger partial charge on any atom is 0.220 e. The van der Waals surface area contributed by atoms with Crippen LogP contribution in [0, 0.1) is 0 Å². The Morgan fingerprint density at radius 1 is 1.15 bits per heavy atom. The summed E-state index contributed by atoms with van der Waals surface area (Å²) < 4.78 is 0. The highest BCUT2D eigenvalue weighted by Gasteiger charge is 2.10. The Hall–Kier alpha value is -1.35. The molecule has 20 heavy (non-hydrogen) atoms. The van der Waals surface area contributed by atoms with E-state index in [0.717, 1.165) is 19.5 Å². The molecule has 0 bridgehead atoms. The Balaban J connectivity index is 1.66. The van der Waals surface area contributed by atoms with Crippen molar-refractivity contribution in [1.29, 1.82) is 0 Å². The minimum atomic E-state index is 0.181. The molecule has 0 radical (unpaired) electrons. The van der Waals surface area contributed by atoms with Crippen LogP contribution in [-0.4, -0.2) is 5.91 Å². The van der Waals surface area contributed by atoms with Crippen molar-refractivity contribution in [3.8, 4) is 0 Å². The van der Waals surface area contributed by atoms with E-state index < -0.39 is 0 Å². The summed E-state index contributed by atoms with van der Waals surface area (Å²) in [7, 11) is 0. The van der Waals surface area contributed by atoms with Gasteiger partial charge in [-0.2, -0.15) is 0 Å². The third kappa shape index (κ3) is 4.64. The fourth-order valence-corrected chi connectivity index (χ4v) is 2.64. The zero-order valence-corrected chi connectivity index (χ0v) is 12.5. The van der Waals surface area contributed by atoms with Gasteiger partial charge in [0.25, 0.3) is 0 Å². The second kappa shape index (κ2) is 8.05. The van der Waals surface area contributed by atoms with Gasteiger partial charge in [-0.25, -0.2) is 0 Å². The molecule has 3 heteroatoms. The highest BCUT2D eigenvalue weighted by Crippen LogP contribution is 2.16. The first-order valence-corrected chi connectivity index (χ1v) is 7.87. The number of unbranched alkanes of at least 4 members (excludes halogenated alkanes) is 4. The lowest BCUT2D eigenvalue weighted by molar-refractivity contribution is -0.121. The van der Waals surface area contributed by atoms with Crippen molar-refractivity contribution in [2.24, 2.45) is 0 Å². The van der Waals surface area contributed by atoms with Gasteiger partial charge in [-0.1, -0.05) is 50.8 Å². The maximum atomic E-state index is 11.8. The zero-order chi connectivity index (χ0) is 14.2. The van der Waals surface area contributed by atoms with Gasteiger partial charge < -0.3 is 10.6 Å². The average Bonchev–Trinajstić information content (AvgIpc) is 2.92. The van der Waals surface area contributed by atoms with Crippen LogP contribution in [0.4, 0.5) is 0 Å². The molecule has 1 heterocycles. The van der Waals surface area contributed by atoms with Gasteiger partial charge in [0.05, 0.1) is 0 Å². The molecule has 110 valence electrons. The van der Waals surface area contributed by atoms with Gasteiger partial charge in [-0.3, -0.25) is 4.79 Å².